The molecule has 1 fully saturated rings. The molecule has 2 N–H and O–H groups in total. The molecule has 1 saturated heterocycles. The summed E-state index contributed by atoms with van der Waals surface area (Å²) >= 11 is 1.69. The smallest absolute Gasteiger partial charge is 0.320 e. The molecule has 2 heterocycles. The number of aromatic nitrogens is 2. The lowest BCUT2D eigenvalue weighted by molar-refractivity contribution is -0.138. The van der Waals surface area contributed by atoms with Gasteiger partial charge >= 0.3 is 12.0 Å². The van der Waals surface area contributed by atoms with E-state index >= 15 is 0 Å². The van der Waals surface area contributed by atoms with Gasteiger partial charge in [-0.3, -0.25) is 9.89 Å². The van der Waals surface area contributed by atoms with Crippen LogP contribution in [0.2, 0.25) is 0 Å². The minimum Gasteiger partial charge on any atom is -0.481 e. The second-order valence-electron chi connectivity index (χ2n) is 4.77. The second kappa shape index (κ2) is 6.65. The Hall–Kier alpha value is -1.70. The SMILES string of the molecule is CN(Cc1cn[nH]c1)C(=O)N1CCSCC1CC(=O)O. The van der Waals surface area contributed by atoms with Crippen molar-refractivity contribution in [2.75, 3.05) is 25.1 Å². The van der Waals surface area contributed by atoms with Gasteiger partial charge < -0.3 is 14.9 Å². The van der Waals surface area contributed by atoms with Crippen LogP contribution in [-0.2, 0) is 11.3 Å². The maximum absolute atomic E-state index is 12.4. The molecule has 1 aromatic rings. The first-order chi connectivity index (χ1) is 9.58. The van der Waals surface area contributed by atoms with Gasteiger partial charge in [-0.15, -0.1) is 0 Å². The first-order valence-corrected chi connectivity index (χ1v) is 7.52. The van der Waals surface area contributed by atoms with Crippen molar-refractivity contribution in [2.24, 2.45) is 0 Å². The van der Waals surface area contributed by atoms with E-state index in [0.29, 0.717) is 18.8 Å². The van der Waals surface area contributed by atoms with Gasteiger partial charge in [0.05, 0.1) is 25.2 Å². The van der Waals surface area contributed by atoms with Crippen molar-refractivity contribution in [3.8, 4) is 0 Å². The Kier molecular flexibility index (Phi) is 4.89. The summed E-state index contributed by atoms with van der Waals surface area (Å²) in [5.41, 5.74) is 0.919. The zero-order chi connectivity index (χ0) is 14.5. The second-order valence-corrected chi connectivity index (χ2v) is 5.92. The van der Waals surface area contributed by atoms with Gasteiger partial charge in [0.2, 0.25) is 0 Å². The van der Waals surface area contributed by atoms with Crippen LogP contribution in [0.5, 0.6) is 0 Å². The predicted molar refractivity (Wildman–Crippen MR) is 75.5 cm³/mol. The number of nitrogens with zero attached hydrogens (tertiary/aromatic N) is 3. The summed E-state index contributed by atoms with van der Waals surface area (Å²) in [6, 6.07) is -0.358. The largest absolute Gasteiger partial charge is 0.481 e. The van der Waals surface area contributed by atoms with Crippen LogP contribution >= 0.6 is 11.8 Å². The van der Waals surface area contributed by atoms with Crippen LogP contribution in [0.1, 0.15) is 12.0 Å². The van der Waals surface area contributed by atoms with Crippen molar-refractivity contribution in [3.63, 3.8) is 0 Å². The summed E-state index contributed by atoms with van der Waals surface area (Å²) in [6.45, 7) is 1.05. The number of hydrogen-bond donors (Lipinski definition) is 2. The maximum atomic E-state index is 12.4. The van der Waals surface area contributed by atoms with E-state index < -0.39 is 5.97 Å². The molecule has 7 nitrogen and oxygen atoms in total. The van der Waals surface area contributed by atoms with E-state index in [1.165, 1.54) is 0 Å². The summed E-state index contributed by atoms with van der Waals surface area (Å²) in [5.74, 6) is 0.659. The summed E-state index contributed by atoms with van der Waals surface area (Å²) < 4.78 is 0. The number of carbonyl (C=O) groups is 2. The number of amides is 2. The van der Waals surface area contributed by atoms with Crippen molar-refractivity contribution in [1.82, 2.24) is 20.0 Å². The summed E-state index contributed by atoms with van der Waals surface area (Å²) in [6.07, 6.45) is 3.41. The van der Waals surface area contributed by atoms with Gasteiger partial charge in [0.15, 0.2) is 0 Å². The number of nitrogens with one attached hydrogen (secondary N) is 1. The van der Waals surface area contributed by atoms with Gasteiger partial charge in [-0.1, -0.05) is 0 Å². The number of urea groups is 1. The van der Waals surface area contributed by atoms with Crippen LogP contribution in [0.15, 0.2) is 12.4 Å². The Morgan fingerprint density at radius 2 is 2.45 bits per heavy atom. The number of rotatable bonds is 4. The normalized spacial score (nSPS) is 18.9. The number of aliphatic carboxylic acids is 1. The average molecular weight is 298 g/mol. The predicted octanol–water partition coefficient (Wildman–Crippen LogP) is 0.854. The fourth-order valence-corrected chi connectivity index (χ4v) is 3.26. The molecule has 0 aliphatic carbocycles. The minimum atomic E-state index is -0.868. The topological polar surface area (TPSA) is 89.5 Å². The van der Waals surface area contributed by atoms with Crippen LogP contribution in [0.3, 0.4) is 0 Å². The number of aromatic amines is 1. The molecule has 8 heteroatoms. The zero-order valence-corrected chi connectivity index (χ0v) is 12.1. The lowest BCUT2D eigenvalue weighted by Gasteiger charge is -2.37. The Morgan fingerprint density at radius 1 is 1.65 bits per heavy atom. The summed E-state index contributed by atoms with van der Waals surface area (Å²) in [4.78, 5) is 26.6. The van der Waals surface area contributed by atoms with Crippen molar-refractivity contribution < 1.29 is 14.7 Å². The Morgan fingerprint density at radius 3 is 3.10 bits per heavy atom. The molecule has 1 unspecified atom stereocenters. The number of carboxylic acids is 1. The lowest BCUT2D eigenvalue weighted by atomic mass is 10.2. The van der Waals surface area contributed by atoms with Crippen molar-refractivity contribution >= 4 is 23.8 Å². The quantitative estimate of drug-likeness (QED) is 0.860. The van der Waals surface area contributed by atoms with Crippen molar-refractivity contribution in [3.05, 3.63) is 18.0 Å². The van der Waals surface area contributed by atoms with Gasteiger partial charge in [0.1, 0.15) is 0 Å². The molecule has 2 rings (SSSR count). The average Bonchev–Trinajstić information content (AvgIpc) is 2.90. The van der Waals surface area contributed by atoms with Crippen molar-refractivity contribution in [1.29, 1.82) is 0 Å². The molecule has 1 aliphatic heterocycles. The highest BCUT2D eigenvalue weighted by atomic mass is 32.2. The fraction of sp³-hybridized carbons (Fsp3) is 0.583. The summed E-state index contributed by atoms with van der Waals surface area (Å²) in [7, 11) is 1.72. The highest BCUT2D eigenvalue weighted by molar-refractivity contribution is 7.99. The first-order valence-electron chi connectivity index (χ1n) is 6.37. The highest BCUT2D eigenvalue weighted by Crippen LogP contribution is 2.20. The molecular formula is C12H18N4O3S. The van der Waals surface area contributed by atoms with E-state index in [2.05, 4.69) is 10.2 Å². The van der Waals surface area contributed by atoms with Gasteiger partial charge in [-0.2, -0.15) is 16.9 Å². The molecule has 1 aromatic heterocycles. The van der Waals surface area contributed by atoms with E-state index in [-0.39, 0.29) is 18.5 Å². The first kappa shape index (κ1) is 14.7. The van der Waals surface area contributed by atoms with Crippen LogP contribution in [0.4, 0.5) is 4.79 Å². The fourth-order valence-electron chi connectivity index (χ4n) is 2.20. The third-order valence-electron chi connectivity index (χ3n) is 3.18. The Labute approximate surface area is 121 Å². The molecule has 2 amide bonds. The summed E-state index contributed by atoms with van der Waals surface area (Å²) in [5, 5.41) is 15.5. The van der Waals surface area contributed by atoms with E-state index in [1.807, 2.05) is 0 Å². The number of carbonyl (C=O) groups excluding carboxylic acids is 1. The van der Waals surface area contributed by atoms with Crippen molar-refractivity contribution in [2.45, 2.75) is 19.0 Å². The van der Waals surface area contributed by atoms with Gasteiger partial charge in [-0.25, -0.2) is 4.79 Å². The molecule has 20 heavy (non-hydrogen) atoms. The van der Waals surface area contributed by atoms with E-state index in [9.17, 15) is 9.59 Å². The van der Waals surface area contributed by atoms with Crippen LogP contribution in [0.25, 0.3) is 0 Å². The van der Waals surface area contributed by atoms with Gasteiger partial charge in [0.25, 0.3) is 0 Å². The molecule has 0 bridgehead atoms. The van der Waals surface area contributed by atoms with E-state index in [1.54, 1.807) is 41.0 Å². The Balaban J connectivity index is 1.99. The highest BCUT2D eigenvalue weighted by Gasteiger charge is 2.30. The number of H-pyrrole nitrogens is 1. The van der Waals surface area contributed by atoms with E-state index in [4.69, 9.17) is 5.11 Å². The molecule has 1 aliphatic rings. The zero-order valence-electron chi connectivity index (χ0n) is 11.3. The molecule has 0 radical (unpaired) electrons. The minimum absolute atomic E-state index is 0.00170. The maximum Gasteiger partial charge on any atom is 0.320 e. The van der Waals surface area contributed by atoms with Gasteiger partial charge in [-0.05, 0) is 0 Å². The standard InChI is InChI=1S/C12H18N4O3S/c1-15(7-9-5-13-14-6-9)12(19)16-2-3-20-8-10(16)4-11(17)18/h5-6,10H,2-4,7-8H2,1H3,(H,13,14)(H,17,18). The lowest BCUT2D eigenvalue weighted by Crippen LogP contribution is -2.51. The molecule has 0 aromatic carbocycles. The van der Waals surface area contributed by atoms with Gasteiger partial charge in [0, 0.05) is 36.9 Å². The molecule has 0 saturated carbocycles. The third kappa shape index (κ3) is 3.66. The van der Waals surface area contributed by atoms with Crippen LogP contribution in [-0.4, -0.2) is 68.2 Å². The van der Waals surface area contributed by atoms with Crippen LogP contribution in [0, 0.1) is 0 Å². The van der Waals surface area contributed by atoms with Crippen LogP contribution < -0.4 is 0 Å². The molecular weight excluding hydrogens is 280 g/mol. The molecule has 0 spiro atoms. The molecule has 1 atom stereocenters. The van der Waals surface area contributed by atoms with E-state index in [0.717, 1.165) is 11.3 Å². The Bertz CT molecular complexity index is 465. The molecule has 110 valence electrons. The number of hydrogen-bond acceptors (Lipinski definition) is 4. The third-order valence-corrected chi connectivity index (χ3v) is 4.28. The number of carboxylic acid groups (broad SMARTS) is 1. The number of thioether (sulfide) groups is 1. The monoisotopic (exact) mass is 298 g/mol.